The molecule has 1 aromatic heterocycles. The highest BCUT2D eigenvalue weighted by molar-refractivity contribution is 7.12. The number of anilines is 1. The lowest BCUT2D eigenvalue weighted by atomic mass is 9.89. The molecule has 1 fully saturated rings. The molecule has 124 valence electrons. The predicted octanol–water partition coefficient (Wildman–Crippen LogP) is 3.54. The average Bonchev–Trinajstić information content (AvgIpc) is 2.90. The third kappa shape index (κ3) is 3.46. The Morgan fingerprint density at radius 3 is 2.36 bits per heavy atom. The highest BCUT2D eigenvalue weighted by Gasteiger charge is 2.28. The molecule has 0 bridgehead atoms. The van der Waals surface area contributed by atoms with E-state index in [0.29, 0.717) is 12.1 Å². The maximum atomic E-state index is 11.8. The second kappa shape index (κ2) is 7.47. The number of nitrogens with zero attached hydrogens (tertiary/aromatic N) is 2. The van der Waals surface area contributed by atoms with Gasteiger partial charge in [-0.25, -0.2) is 4.79 Å². The van der Waals surface area contributed by atoms with Crippen molar-refractivity contribution in [1.82, 2.24) is 4.90 Å². The molecule has 1 saturated carbocycles. The van der Waals surface area contributed by atoms with Gasteiger partial charge in [0.05, 0.1) is 12.8 Å². The summed E-state index contributed by atoms with van der Waals surface area (Å²) < 4.78 is 4.88. The molecule has 0 amide bonds. The molecule has 1 aromatic rings. The largest absolute Gasteiger partial charge is 0.465 e. The van der Waals surface area contributed by atoms with Gasteiger partial charge in [0, 0.05) is 24.0 Å². The van der Waals surface area contributed by atoms with Crippen molar-refractivity contribution >= 4 is 23.0 Å². The monoisotopic (exact) mass is 324 g/mol. The number of carbonyl (C=O) groups is 1. The van der Waals surface area contributed by atoms with Gasteiger partial charge in [-0.2, -0.15) is 0 Å². The molecule has 1 heterocycles. The number of esters is 1. The van der Waals surface area contributed by atoms with Crippen molar-refractivity contribution in [3.63, 3.8) is 0 Å². The standard InChI is InChI=1S/C17H28N2O2S/c1-6-19(14-9-7-13(8-10-14)18(3)4)15-11-22-16(12(15)2)17(20)21-5/h11,13-14H,6-10H2,1-5H3/t13-,14-. The fourth-order valence-electron chi connectivity index (χ4n) is 3.50. The zero-order valence-electron chi connectivity index (χ0n) is 14.4. The maximum absolute atomic E-state index is 11.8. The van der Waals surface area contributed by atoms with E-state index < -0.39 is 0 Å². The summed E-state index contributed by atoms with van der Waals surface area (Å²) >= 11 is 1.50. The van der Waals surface area contributed by atoms with Gasteiger partial charge in [-0.3, -0.25) is 0 Å². The van der Waals surface area contributed by atoms with Crippen molar-refractivity contribution in [3.05, 3.63) is 15.8 Å². The quantitative estimate of drug-likeness (QED) is 0.776. The van der Waals surface area contributed by atoms with Crippen LogP contribution >= 0.6 is 11.3 Å². The van der Waals surface area contributed by atoms with Gasteiger partial charge in [0.25, 0.3) is 0 Å². The lowest BCUT2D eigenvalue weighted by Crippen LogP contribution is -2.42. The minimum atomic E-state index is -0.221. The van der Waals surface area contributed by atoms with E-state index in [2.05, 4.69) is 36.2 Å². The van der Waals surface area contributed by atoms with Gasteiger partial charge < -0.3 is 14.5 Å². The predicted molar refractivity (Wildman–Crippen MR) is 93.1 cm³/mol. The van der Waals surface area contributed by atoms with Crippen LogP contribution in [-0.4, -0.2) is 50.7 Å². The van der Waals surface area contributed by atoms with Crippen LogP contribution in [0.5, 0.6) is 0 Å². The molecule has 0 atom stereocenters. The summed E-state index contributed by atoms with van der Waals surface area (Å²) in [6.07, 6.45) is 4.95. The van der Waals surface area contributed by atoms with E-state index in [-0.39, 0.29) is 5.97 Å². The Bertz CT molecular complexity index is 505. The molecule has 0 aliphatic heterocycles. The van der Waals surface area contributed by atoms with Crippen LogP contribution in [0.1, 0.15) is 47.8 Å². The first-order chi connectivity index (χ1) is 10.5. The van der Waals surface area contributed by atoms with Gasteiger partial charge in [-0.15, -0.1) is 11.3 Å². The van der Waals surface area contributed by atoms with Gasteiger partial charge in [0.2, 0.25) is 0 Å². The normalized spacial score (nSPS) is 21.9. The lowest BCUT2D eigenvalue weighted by Gasteiger charge is -2.39. The third-order valence-electron chi connectivity index (χ3n) is 4.87. The van der Waals surface area contributed by atoms with Crippen molar-refractivity contribution in [2.75, 3.05) is 32.6 Å². The average molecular weight is 324 g/mol. The molecule has 4 nitrogen and oxygen atoms in total. The lowest BCUT2D eigenvalue weighted by molar-refractivity contribution is 0.0605. The van der Waals surface area contributed by atoms with E-state index in [0.717, 1.165) is 17.0 Å². The minimum Gasteiger partial charge on any atom is -0.465 e. The fourth-order valence-corrected chi connectivity index (χ4v) is 4.50. The van der Waals surface area contributed by atoms with E-state index >= 15 is 0 Å². The first kappa shape index (κ1) is 17.3. The molecular formula is C17H28N2O2S. The van der Waals surface area contributed by atoms with Crippen LogP contribution in [0.2, 0.25) is 0 Å². The van der Waals surface area contributed by atoms with Gasteiger partial charge in [0.15, 0.2) is 0 Å². The summed E-state index contributed by atoms with van der Waals surface area (Å²) in [6.45, 7) is 5.22. The number of methoxy groups -OCH3 is 1. The van der Waals surface area contributed by atoms with E-state index in [1.807, 2.05) is 6.92 Å². The summed E-state index contributed by atoms with van der Waals surface area (Å²) in [5, 5.41) is 2.11. The van der Waals surface area contributed by atoms with Crippen LogP contribution in [0.3, 0.4) is 0 Å². The molecule has 0 unspecified atom stereocenters. The van der Waals surface area contributed by atoms with Crippen LogP contribution in [0.4, 0.5) is 5.69 Å². The highest BCUT2D eigenvalue weighted by Crippen LogP contribution is 2.35. The molecular weight excluding hydrogens is 296 g/mol. The number of carbonyl (C=O) groups excluding carboxylic acids is 1. The Morgan fingerprint density at radius 1 is 1.27 bits per heavy atom. The van der Waals surface area contributed by atoms with Gasteiger partial charge >= 0.3 is 5.97 Å². The molecule has 5 heteroatoms. The minimum absolute atomic E-state index is 0.221. The topological polar surface area (TPSA) is 32.8 Å². The second-order valence-electron chi connectivity index (χ2n) is 6.28. The van der Waals surface area contributed by atoms with Gasteiger partial charge in [-0.05, 0) is 59.2 Å². The van der Waals surface area contributed by atoms with Crippen LogP contribution < -0.4 is 4.90 Å². The van der Waals surface area contributed by atoms with Crippen LogP contribution in [0.15, 0.2) is 5.38 Å². The number of rotatable bonds is 5. The smallest absolute Gasteiger partial charge is 0.348 e. The summed E-state index contributed by atoms with van der Waals surface area (Å²) in [4.78, 5) is 17.4. The molecule has 0 N–H and O–H groups in total. The number of hydrogen-bond donors (Lipinski definition) is 0. The van der Waals surface area contributed by atoms with Crippen molar-refractivity contribution < 1.29 is 9.53 Å². The highest BCUT2D eigenvalue weighted by atomic mass is 32.1. The molecule has 22 heavy (non-hydrogen) atoms. The molecule has 0 spiro atoms. The van der Waals surface area contributed by atoms with Crippen LogP contribution in [-0.2, 0) is 4.74 Å². The Hall–Kier alpha value is -1.07. The van der Waals surface area contributed by atoms with Crippen molar-refractivity contribution in [2.45, 2.75) is 51.6 Å². The summed E-state index contributed by atoms with van der Waals surface area (Å²) in [5.74, 6) is -0.221. The molecule has 1 aliphatic rings. The van der Waals surface area contributed by atoms with E-state index in [9.17, 15) is 4.79 Å². The Labute approximate surface area is 138 Å². The number of hydrogen-bond acceptors (Lipinski definition) is 5. The van der Waals surface area contributed by atoms with Crippen molar-refractivity contribution in [3.8, 4) is 0 Å². The van der Waals surface area contributed by atoms with Crippen molar-refractivity contribution in [2.24, 2.45) is 0 Å². The summed E-state index contributed by atoms with van der Waals surface area (Å²) in [5.41, 5.74) is 2.27. The second-order valence-corrected chi connectivity index (χ2v) is 7.16. The molecule has 1 aliphatic carbocycles. The van der Waals surface area contributed by atoms with Crippen LogP contribution in [0.25, 0.3) is 0 Å². The van der Waals surface area contributed by atoms with Crippen LogP contribution in [0, 0.1) is 6.92 Å². The Balaban J connectivity index is 2.13. The van der Waals surface area contributed by atoms with Crippen molar-refractivity contribution in [1.29, 1.82) is 0 Å². The number of ether oxygens (including phenoxy) is 1. The zero-order chi connectivity index (χ0) is 16.3. The van der Waals surface area contributed by atoms with E-state index in [1.54, 1.807) is 0 Å². The summed E-state index contributed by atoms with van der Waals surface area (Å²) in [6, 6.07) is 1.30. The Morgan fingerprint density at radius 2 is 1.86 bits per heavy atom. The summed E-state index contributed by atoms with van der Waals surface area (Å²) in [7, 11) is 5.80. The molecule has 0 aromatic carbocycles. The van der Waals surface area contributed by atoms with E-state index in [4.69, 9.17) is 4.74 Å². The van der Waals surface area contributed by atoms with Gasteiger partial charge in [0.1, 0.15) is 4.88 Å². The molecule has 0 radical (unpaired) electrons. The molecule has 2 rings (SSSR count). The molecule has 0 saturated heterocycles. The zero-order valence-corrected chi connectivity index (χ0v) is 15.2. The van der Waals surface area contributed by atoms with Gasteiger partial charge in [-0.1, -0.05) is 0 Å². The third-order valence-corrected chi connectivity index (χ3v) is 5.92. The maximum Gasteiger partial charge on any atom is 0.348 e. The first-order valence-corrected chi connectivity index (χ1v) is 8.97. The SMILES string of the molecule is CCN(c1csc(C(=O)OC)c1C)[C@H]1CC[C@H](N(C)C)CC1. The van der Waals surface area contributed by atoms with E-state index in [1.165, 1.54) is 49.8 Å². The number of thiophene rings is 1. The fraction of sp³-hybridized carbons (Fsp3) is 0.706. The Kier molecular flexibility index (Phi) is 5.87. The first-order valence-electron chi connectivity index (χ1n) is 8.09.